The number of aromatic nitrogens is 1. The maximum atomic E-state index is 11.6. The first-order chi connectivity index (χ1) is 6.91. The second-order valence-electron chi connectivity index (χ2n) is 4.32. The number of nitrogens with zero attached hydrogens (tertiary/aromatic N) is 1. The van der Waals surface area contributed by atoms with Gasteiger partial charge in [-0.2, -0.15) is 0 Å². The van der Waals surface area contributed by atoms with Crippen LogP contribution in [0.3, 0.4) is 0 Å². The minimum Gasteiger partial charge on any atom is -0.375 e. The molecular formula is C9H14N2O2S2. The van der Waals surface area contributed by atoms with Gasteiger partial charge in [-0.25, -0.2) is 13.4 Å². The summed E-state index contributed by atoms with van der Waals surface area (Å²) in [6.45, 7) is 1.98. The molecule has 0 bridgehead atoms. The van der Waals surface area contributed by atoms with Gasteiger partial charge in [-0.15, -0.1) is 11.3 Å². The van der Waals surface area contributed by atoms with Crippen molar-refractivity contribution in [2.24, 2.45) is 0 Å². The van der Waals surface area contributed by atoms with Gasteiger partial charge in [0.05, 0.1) is 11.5 Å². The van der Waals surface area contributed by atoms with Crippen molar-refractivity contribution in [2.45, 2.75) is 25.2 Å². The van der Waals surface area contributed by atoms with Crippen LogP contribution in [0, 0.1) is 0 Å². The average molecular weight is 246 g/mol. The van der Waals surface area contributed by atoms with Gasteiger partial charge in [0.2, 0.25) is 0 Å². The molecule has 1 aliphatic heterocycles. The second-order valence-corrected chi connectivity index (χ2v) is 7.57. The molecular weight excluding hydrogens is 232 g/mol. The summed E-state index contributed by atoms with van der Waals surface area (Å²) in [7, 11) is -2.89. The highest BCUT2D eigenvalue weighted by Gasteiger charge is 2.37. The second kappa shape index (κ2) is 3.45. The van der Waals surface area contributed by atoms with E-state index >= 15 is 0 Å². The molecule has 6 heteroatoms. The Morgan fingerprint density at radius 3 is 2.87 bits per heavy atom. The standard InChI is InChI=1S/C9H14N2O2S2/c1-9(7-5-11-8(10)14-7)3-2-4-15(12,13)6-9/h5H,2-4,6H2,1H3,(H2,10,11). The lowest BCUT2D eigenvalue weighted by molar-refractivity contribution is 0.452. The number of thiazole rings is 1. The first kappa shape index (κ1) is 10.9. The highest BCUT2D eigenvalue weighted by molar-refractivity contribution is 7.91. The number of hydrogen-bond donors (Lipinski definition) is 1. The van der Waals surface area contributed by atoms with E-state index in [9.17, 15) is 8.42 Å². The van der Waals surface area contributed by atoms with Crippen molar-refractivity contribution in [1.29, 1.82) is 0 Å². The van der Waals surface area contributed by atoms with Crippen LogP contribution in [0.25, 0.3) is 0 Å². The van der Waals surface area contributed by atoms with Crippen LogP contribution in [0.15, 0.2) is 6.20 Å². The Morgan fingerprint density at radius 1 is 1.60 bits per heavy atom. The molecule has 1 aliphatic rings. The summed E-state index contributed by atoms with van der Waals surface area (Å²) in [6, 6.07) is 0. The summed E-state index contributed by atoms with van der Waals surface area (Å²) in [5.41, 5.74) is 5.28. The number of sulfone groups is 1. The van der Waals surface area contributed by atoms with E-state index in [1.807, 2.05) is 6.92 Å². The topological polar surface area (TPSA) is 73.0 Å². The molecule has 0 amide bonds. The Kier molecular flexibility index (Phi) is 2.50. The molecule has 0 aromatic carbocycles. The van der Waals surface area contributed by atoms with E-state index in [0.29, 0.717) is 10.9 Å². The molecule has 1 unspecified atom stereocenters. The fourth-order valence-electron chi connectivity index (χ4n) is 2.07. The monoisotopic (exact) mass is 246 g/mol. The number of nitrogens with two attached hydrogens (primary N) is 1. The molecule has 1 saturated heterocycles. The molecule has 0 spiro atoms. The molecule has 1 aromatic heterocycles. The van der Waals surface area contributed by atoms with Crippen molar-refractivity contribution in [1.82, 2.24) is 4.98 Å². The van der Waals surface area contributed by atoms with Crippen LogP contribution in [0.4, 0.5) is 5.13 Å². The number of rotatable bonds is 1. The maximum Gasteiger partial charge on any atom is 0.180 e. The summed E-state index contributed by atoms with van der Waals surface area (Å²) in [5, 5.41) is 0.509. The fraction of sp³-hybridized carbons (Fsp3) is 0.667. The van der Waals surface area contributed by atoms with E-state index in [4.69, 9.17) is 5.73 Å². The lowest BCUT2D eigenvalue weighted by atomic mass is 9.86. The Morgan fingerprint density at radius 2 is 2.33 bits per heavy atom. The van der Waals surface area contributed by atoms with Gasteiger partial charge in [0.1, 0.15) is 0 Å². The van der Waals surface area contributed by atoms with Crippen molar-refractivity contribution in [2.75, 3.05) is 17.2 Å². The van der Waals surface area contributed by atoms with Crippen molar-refractivity contribution in [3.8, 4) is 0 Å². The minimum atomic E-state index is -2.89. The molecule has 1 aromatic rings. The lowest BCUT2D eigenvalue weighted by Gasteiger charge is -2.31. The smallest absolute Gasteiger partial charge is 0.180 e. The third-order valence-corrected chi connectivity index (χ3v) is 5.96. The van der Waals surface area contributed by atoms with Gasteiger partial charge >= 0.3 is 0 Å². The normalized spacial score (nSPS) is 30.2. The molecule has 2 N–H and O–H groups in total. The van der Waals surface area contributed by atoms with E-state index in [1.54, 1.807) is 6.20 Å². The van der Waals surface area contributed by atoms with E-state index in [0.717, 1.165) is 17.7 Å². The molecule has 15 heavy (non-hydrogen) atoms. The molecule has 2 heterocycles. The fourth-order valence-corrected chi connectivity index (χ4v) is 5.02. The zero-order chi connectivity index (χ0) is 11.1. The van der Waals surface area contributed by atoms with Crippen molar-refractivity contribution < 1.29 is 8.42 Å². The number of hydrogen-bond acceptors (Lipinski definition) is 5. The highest BCUT2D eigenvalue weighted by Crippen LogP contribution is 2.38. The van der Waals surface area contributed by atoms with E-state index in [-0.39, 0.29) is 11.2 Å². The Bertz CT molecular complexity index is 466. The summed E-state index contributed by atoms with van der Waals surface area (Å²) < 4.78 is 23.2. The van der Waals surface area contributed by atoms with E-state index in [1.165, 1.54) is 11.3 Å². The summed E-state index contributed by atoms with van der Waals surface area (Å²) in [5.74, 6) is 0.540. The van der Waals surface area contributed by atoms with Crippen molar-refractivity contribution in [3.63, 3.8) is 0 Å². The lowest BCUT2D eigenvalue weighted by Crippen LogP contribution is -2.36. The van der Waals surface area contributed by atoms with Crippen LogP contribution < -0.4 is 5.73 Å². The minimum absolute atomic E-state index is 0.224. The third kappa shape index (κ3) is 2.15. The number of anilines is 1. The Balaban J connectivity index is 2.34. The number of nitrogen functional groups attached to an aromatic ring is 1. The molecule has 0 saturated carbocycles. The molecule has 84 valence electrons. The van der Waals surface area contributed by atoms with Gasteiger partial charge in [0, 0.05) is 16.5 Å². The maximum absolute atomic E-state index is 11.6. The van der Waals surface area contributed by atoms with E-state index < -0.39 is 9.84 Å². The van der Waals surface area contributed by atoms with Crippen LogP contribution in [0.2, 0.25) is 0 Å². The quantitative estimate of drug-likeness (QED) is 0.808. The van der Waals surface area contributed by atoms with Crippen molar-refractivity contribution in [3.05, 3.63) is 11.1 Å². The molecule has 4 nitrogen and oxygen atoms in total. The average Bonchev–Trinajstić information content (AvgIpc) is 2.49. The highest BCUT2D eigenvalue weighted by atomic mass is 32.2. The van der Waals surface area contributed by atoms with Crippen LogP contribution in [-0.4, -0.2) is 24.9 Å². The Hall–Kier alpha value is -0.620. The molecule has 2 rings (SSSR count). The molecule has 0 radical (unpaired) electrons. The Labute approximate surface area is 93.4 Å². The van der Waals surface area contributed by atoms with Gasteiger partial charge < -0.3 is 5.73 Å². The first-order valence-corrected chi connectivity index (χ1v) is 7.47. The summed E-state index contributed by atoms with van der Waals surface area (Å²) in [4.78, 5) is 4.98. The van der Waals surface area contributed by atoms with Gasteiger partial charge in [0.15, 0.2) is 15.0 Å². The first-order valence-electron chi connectivity index (χ1n) is 4.84. The van der Waals surface area contributed by atoms with Gasteiger partial charge in [-0.3, -0.25) is 0 Å². The van der Waals surface area contributed by atoms with Crippen LogP contribution >= 0.6 is 11.3 Å². The summed E-state index contributed by atoms with van der Waals surface area (Å²) in [6.07, 6.45) is 3.34. The van der Waals surface area contributed by atoms with Gasteiger partial charge in [-0.05, 0) is 12.8 Å². The predicted molar refractivity (Wildman–Crippen MR) is 61.8 cm³/mol. The zero-order valence-corrected chi connectivity index (χ0v) is 10.2. The largest absolute Gasteiger partial charge is 0.375 e. The third-order valence-electron chi connectivity index (χ3n) is 2.84. The summed E-state index contributed by atoms with van der Waals surface area (Å²) >= 11 is 1.40. The molecule has 1 atom stereocenters. The van der Waals surface area contributed by atoms with Gasteiger partial charge in [-0.1, -0.05) is 6.92 Å². The SMILES string of the molecule is CC1(c2cnc(N)s2)CCCS(=O)(=O)C1. The van der Waals surface area contributed by atoms with Gasteiger partial charge in [0.25, 0.3) is 0 Å². The van der Waals surface area contributed by atoms with Crippen LogP contribution in [0.5, 0.6) is 0 Å². The molecule has 1 fully saturated rings. The predicted octanol–water partition coefficient (Wildman–Crippen LogP) is 1.19. The molecule has 0 aliphatic carbocycles. The van der Waals surface area contributed by atoms with E-state index in [2.05, 4.69) is 4.98 Å². The van der Waals surface area contributed by atoms with Crippen LogP contribution in [0.1, 0.15) is 24.6 Å². The zero-order valence-electron chi connectivity index (χ0n) is 8.56. The van der Waals surface area contributed by atoms with Crippen molar-refractivity contribution >= 4 is 26.3 Å². The van der Waals surface area contributed by atoms with Crippen LogP contribution in [-0.2, 0) is 15.3 Å².